The molecule has 1 aliphatic rings. The molecule has 8 heteroatoms. The SMILES string of the molecule is COc1cc([C@@H]2/C(=C(\O)c3ccccc3)C(=O)C(=O)N2c2cc(C)on2)ccc1O. The normalized spacial score (nSPS) is 18.1. The Labute approximate surface area is 171 Å². The second-order valence-electron chi connectivity index (χ2n) is 6.76. The topological polar surface area (TPSA) is 113 Å². The monoisotopic (exact) mass is 406 g/mol. The van der Waals surface area contributed by atoms with E-state index in [0.717, 1.165) is 0 Å². The summed E-state index contributed by atoms with van der Waals surface area (Å²) < 4.78 is 10.3. The van der Waals surface area contributed by atoms with Crippen LogP contribution >= 0.6 is 0 Å². The van der Waals surface area contributed by atoms with Crippen LogP contribution in [0.4, 0.5) is 5.82 Å². The average Bonchev–Trinajstić information content (AvgIpc) is 3.29. The summed E-state index contributed by atoms with van der Waals surface area (Å²) in [6, 6.07) is 13.4. The largest absolute Gasteiger partial charge is 0.507 e. The van der Waals surface area contributed by atoms with Crippen LogP contribution < -0.4 is 9.64 Å². The van der Waals surface area contributed by atoms with Crippen molar-refractivity contribution in [3.05, 3.63) is 77.1 Å². The van der Waals surface area contributed by atoms with Crippen LogP contribution in [0.5, 0.6) is 11.5 Å². The van der Waals surface area contributed by atoms with Gasteiger partial charge in [0.05, 0.1) is 18.7 Å². The molecule has 1 amide bonds. The van der Waals surface area contributed by atoms with Gasteiger partial charge >= 0.3 is 5.91 Å². The standard InChI is InChI=1S/C22H18N2O6/c1-12-10-17(23-30-12)24-19(14-8-9-15(25)16(11-14)29-2)18(21(27)22(24)28)20(26)13-6-4-3-5-7-13/h3-11,19,25-26H,1-2H3/b20-18+/t19-/m1/s1. The third kappa shape index (κ3) is 3.08. The second-order valence-corrected chi connectivity index (χ2v) is 6.76. The van der Waals surface area contributed by atoms with Crippen molar-refractivity contribution in [2.24, 2.45) is 0 Å². The van der Waals surface area contributed by atoms with Gasteiger partial charge in [-0.05, 0) is 24.6 Å². The highest BCUT2D eigenvalue weighted by Crippen LogP contribution is 2.43. The molecule has 30 heavy (non-hydrogen) atoms. The van der Waals surface area contributed by atoms with Gasteiger partial charge in [0, 0.05) is 11.6 Å². The number of anilines is 1. The highest BCUT2D eigenvalue weighted by Gasteiger charge is 2.48. The Hall–Kier alpha value is -4.07. The minimum atomic E-state index is -0.996. The lowest BCUT2D eigenvalue weighted by atomic mass is 9.95. The molecule has 1 fully saturated rings. The van der Waals surface area contributed by atoms with Crippen LogP contribution in [0.3, 0.4) is 0 Å². The molecule has 0 spiro atoms. The van der Waals surface area contributed by atoms with Crippen LogP contribution in [-0.2, 0) is 9.59 Å². The Kier molecular flexibility index (Phi) is 4.75. The number of amides is 1. The number of phenolic OH excluding ortho intramolecular Hbond substituents is 1. The molecule has 1 saturated heterocycles. The van der Waals surface area contributed by atoms with E-state index in [1.807, 2.05) is 0 Å². The number of aryl methyl sites for hydroxylation is 1. The second kappa shape index (κ2) is 7.40. The molecular weight excluding hydrogens is 388 g/mol. The number of aliphatic hydroxyl groups excluding tert-OH is 1. The number of benzene rings is 2. The van der Waals surface area contributed by atoms with Crippen LogP contribution in [0.2, 0.25) is 0 Å². The Morgan fingerprint density at radius 2 is 1.87 bits per heavy atom. The summed E-state index contributed by atoms with van der Waals surface area (Å²) >= 11 is 0. The van der Waals surface area contributed by atoms with Crippen LogP contribution in [-0.4, -0.2) is 34.2 Å². The molecule has 0 saturated carbocycles. The number of aliphatic hydroxyl groups is 1. The van der Waals surface area contributed by atoms with Crippen molar-refractivity contribution in [2.45, 2.75) is 13.0 Å². The molecule has 4 rings (SSSR count). The number of phenols is 1. The third-order valence-electron chi connectivity index (χ3n) is 4.87. The molecule has 2 aromatic carbocycles. The maximum atomic E-state index is 13.0. The number of nitrogens with zero attached hydrogens (tertiary/aromatic N) is 2. The number of aromatic nitrogens is 1. The number of methoxy groups -OCH3 is 1. The van der Waals surface area contributed by atoms with Crippen molar-refractivity contribution in [1.29, 1.82) is 0 Å². The van der Waals surface area contributed by atoms with Crippen molar-refractivity contribution < 1.29 is 29.1 Å². The van der Waals surface area contributed by atoms with E-state index in [-0.39, 0.29) is 28.6 Å². The van der Waals surface area contributed by atoms with Crippen LogP contribution in [0.1, 0.15) is 22.9 Å². The number of ketones is 1. The third-order valence-corrected chi connectivity index (χ3v) is 4.87. The van der Waals surface area contributed by atoms with Crippen molar-refractivity contribution in [3.63, 3.8) is 0 Å². The van der Waals surface area contributed by atoms with Crippen LogP contribution in [0, 0.1) is 6.92 Å². The molecule has 8 nitrogen and oxygen atoms in total. The van der Waals surface area contributed by atoms with Gasteiger partial charge in [0.2, 0.25) is 0 Å². The molecule has 1 atom stereocenters. The van der Waals surface area contributed by atoms with Crippen molar-refractivity contribution in [2.75, 3.05) is 12.0 Å². The van der Waals surface area contributed by atoms with Gasteiger partial charge in [0.1, 0.15) is 11.5 Å². The van der Waals surface area contributed by atoms with Gasteiger partial charge in [0.15, 0.2) is 17.3 Å². The minimum Gasteiger partial charge on any atom is -0.507 e. The van der Waals surface area contributed by atoms with Gasteiger partial charge in [-0.25, -0.2) is 0 Å². The molecule has 0 unspecified atom stereocenters. The van der Waals surface area contributed by atoms with Gasteiger partial charge in [-0.2, -0.15) is 0 Å². The summed E-state index contributed by atoms with van der Waals surface area (Å²) in [7, 11) is 1.39. The molecular formula is C22H18N2O6. The van der Waals surface area contributed by atoms with Crippen molar-refractivity contribution in [3.8, 4) is 11.5 Å². The fraction of sp³-hybridized carbons (Fsp3) is 0.136. The number of Topliss-reactive ketones (excluding diaryl/α,β-unsaturated/α-hetero) is 1. The lowest BCUT2D eigenvalue weighted by Crippen LogP contribution is -2.29. The first-order valence-electron chi connectivity index (χ1n) is 9.09. The van der Waals surface area contributed by atoms with E-state index in [4.69, 9.17) is 9.26 Å². The van der Waals surface area contributed by atoms with E-state index in [2.05, 4.69) is 5.16 Å². The molecule has 1 aromatic heterocycles. The number of hydrogen-bond acceptors (Lipinski definition) is 7. The predicted octanol–water partition coefficient (Wildman–Crippen LogP) is 3.32. The smallest absolute Gasteiger partial charge is 0.301 e. The number of rotatable bonds is 4. The highest BCUT2D eigenvalue weighted by molar-refractivity contribution is 6.51. The Morgan fingerprint density at radius 1 is 1.13 bits per heavy atom. The van der Waals surface area contributed by atoms with Gasteiger partial charge < -0.3 is 19.5 Å². The minimum absolute atomic E-state index is 0.0976. The Balaban J connectivity index is 1.97. The zero-order valence-electron chi connectivity index (χ0n) is 16.2. The molecule has 2 N–H and O–H groups in total. The van der Waals surface area contributed by atoms with E-state index in [9.17, 15) is 19.8 Å². The molecule has 2 heterocycles. The first kappa shape index (κ1) is 19.3. The molecule has 3 aromatic rings. The van der Waals surface area contributed by atoms with Gasteiger partial charge in [0.25, 0.3) is 5.78 Å². The summed E-state index contributed by atoms with van der Waals surface area (Å²) in [5.41, 5.74) is 0.740. The van der Waals surface area contributed by atoms with Gasteiger partial charge in [-0.1, -0.05) is 41.6 Å². The van der Waals surface area contributed by atoms with Crippen LogP contribution in [0.25, 0.3) is 5.76 Å². The Bertz CT molecular complexity index is 1170. The molecule has 0 radical (unpaired) electrons. The summed E-state index contributed by atoms with van der Waals surface area (Å²) in [5.74, 6) is -1.36. The lowest BCUT2D eigenvalue weighted by molar-refractivity contribution is -0.132. The highest BCUT2D eigenvalue weighted by atomic mass is 16.5. The quantitative estimate of drug-likeness (QED) is 0.388. The molecule has 1 aliphatic heterocycles. The van der Waals surface area contributed by atoms with Gasteiger partial charge in [-0.15, -0.1) is 0 Å². The van der Waals surface area contributed by atoms with Crippen LogP contribution in [0.15, 0.2) is 64.7 Å². The van der Waals surface area contributed by atoms with Crippen molar-refractivity contribution in [1.82, 2.24) is 5.16 Å². The number of hydrogen-bond donors (Lipinski definition) is 2. The maximum Gasteiger partial charge on any atom is 0.301 e. The maximum absolute atomic E-state index is 13.0. The summed E-state index contributed by atoms with van der Waals surface area (Å²) in [6.45, 7) is 1.66. The number of ether oxygens (including phenoxy) is 1. The van der Waals surface area contributed by atoms with E-state index in [1.54, 1.807) is 43.3 Å². The fourth-order valence-corrected chi connectivity index (χ4v) is 3.47. The molecule has 0 aliphatic carbocycles. The van der Waals surface area contributed by atoms with Crippen molar-refractivity contribution >= 4 is 23.3 Å². The Morgan fingerprint density at radius 3 is 2.50 bits per heavy atom. The summed E-state index contributed by atoms with van der Waals surface area (Å²) in [4.78, 5) is 27.1. The first-order valence-corrected chi connectivity index (χ1v) is 9.09. The fourth-order valence-electron chi connectivity index (χ4n) is 3.47. The summed E-state index contributed by atoms with van der Waals surface area (Å²) in [5, 5.41) is 24.8. The predicted molar refractivity (Wildman–Crippen MR) is 107 cm³/mol. The number of carbonyl (C=O) groups is 2. The average molecular weight is 406 g/mol. The number of carbonyl (C=O) groups excluding carboxylic acids is 2. The zero-order valence-corrected chi connectivity index (χ0v) is 16.2. The van der Waals surface area contributed by atoms with E-state index < -0.39 is 17.7 Å². The van der Waals surface area contributed by atoms with Gasteiger partial charge in [-0.3, -0.25) is 14.5 Å². The molecule has 0 bridgehead atoms. The van der Waals surface area contributed by atoms with E-state index >= 15 is 0 Å². The molecule has 152 valence electrons. The van der Waals surface area contributed by atoms with E-state index in [0.29, 0.717) is 16.9 Å². The summed E-state index contributed by atoms with van der Waals surface area (Å²) in [6.07, 6.45) is 0. The van der Waals surface area contributed by atoms with E-state index in [1.165, 1.54) is 30.2 Å². The number of aromatic hydroxyl groups is 1. The zero-order chi connectivity index (χ0) is 21.4. The first-order chi connectivity index (χ1) is 14.4. The lowest BCUT2D eigenvalue weighted by Gasteiger charge is -2.23.